The van der Waals surface area contributed by atoms with Crippen molar-refractivity contribution in [2.75, 3.05) is 13.2 Å². The molecule has 0 N–H and O–H groups in total. The highest BCUT2D eigenvalue weighted by Gasteiger charge is 2.19. The van der Waals surface area contributed by atoms with Crippen LogP contribution in [0.25, 0.3) is 0 Å². The van der Waals surface area contributed by atoms with Gasteiger partial charge in [-0.05, 0) is 70.6 Å². The quantitative estimate of drug-likeness (QED) is 0.0215. The SMILES string of the molecule is CC\C=C/C=C\C=C/C=C\C=C/CCCC(=O)OCC(COC(=O)C/C=C\C/C=C\C/C=C\CC)OC(=O)CCCCC/C=C\CCCCCCCC. The van der Waals surface area contributed by atoms with Gasteiger partial charge in [0.15, 0.2) is 6.10 Å². The summed E-state index contributed by atoms with van der Waals surface area (Å²) >= 11 is 0. The topological polar surface area (TPSA) is 78.9 Å². The molecule has 0 fully saturated rings. The third-order valence-corrected chi connectivity index (χ3v) is 7.90. The van der Waals surface area contributed by atoms with Crippen LogP contribution < -0.4 is 0 Å². The molecule has 0 aliphatic heterocycles. The van der Waals surface area contributed by atoms with E-state index in [1.807, 2.05) is 60.8 Å². The molecule has 0 bridgehead atoms. The molecule has 53 heavy (non-hydrogen) atoms. The molecule has 0 aromatic carbocycles. The Labute approximate surface area is 323 Å². The molecule has 6 heteroatoms. The largest absolute Gasteiger partial charge is 0.462 e. The average molecular weight is 733 g/mol. The number of hydrogen-bond acceptors (Lipinski definition) is 6. The van der Waals surface area contributed by atoms with Crippen molar-refractivity contribution >= 4 is 17.9 Å². The van der Waals surface area contributed by atoms with Gasteiger partial charge in [0.25, 0.3) is 0 Å². The molecular weight excluding hydrogens is 661 g/mol. The second kappa shape index (κ2) is 40.8. The third kappa shape index (κ3) is 39.1. The lowest BCUT2D eigenvalue weighted by Crippen LogP contribution is -2.30. The van der Waals surface area contributed by atoms with Crippen LogP contribution in [0.4, 0.5) is 0 Å². The first-order valence-corrected chi connectivity index (χ1v) is 20.5. The molecule has 0 aromatic rings. The van der Waals surface area contributed by atoms with Crippen LogP contribution in [0, 0.1) is 0 Å². The summed E-state index contributed by atoms with van der Waals surface area (Å²) in [7, 11) is 0. The van der Waals surface area contributed by atoms with E-state index in [4.69, 9.17) is 14.2 Å². The van der Waals surface area contributed by atoms with E-state index in [-0.39, 0.29) is 44.4 Å². The standard InChI is InChI=1S/C47H72O6/c1-4-7-10-13-16-19-21-23-25-28-31-34-37-40-46(49)52-43-44(42-51-45(48)39-36-33-30-27-18-15-12-9-6-3)53-47(50)41-38-35-32-29-26-24-22-20-17-14-11-8-5-2/h7,9-10,12-13,16,18-19,21,23-28,31,33,36,44H,4-6,8,11,14-15,17,20,22,29-30,32,34-35,37-43H2,1-3H3/b10-7-,12-9-,16-13-,21-19-,25-23-,26-24-,27-18-,31-28-,36-33-. The van der Waals surface area contributed by atoms with Gasteiger partial charge in [-0.3, -0.25) is 14.4 Å². The zero-order valence-electron chi connectivity index (χ0n) is 33.5. The Morgan fingerprint density at radius 3 is 1.57 bits per heavy atom. The Morgan fingerprint density at radius 1 is 0.434 bits per heavy atom. The minimum atomic E-state index is -0.848. The van der Waals surface area contributed by atoms with E-state index in [0.717, 1.165) is 64.2 Å². The lowest BCUT2D eigenvalue weighted by atomic mass is 10.1. The van der Waals surface area contributed by atoms with E-state index in [0.29, 0.717) is 6.42 Å². The highest BCUT2D eigenvalue weighted by Crippen LogP contribution is 2.10. The Balaban J connectivity index is 4.63. The van der Waals surface area contributed by atoms with Gasteiger partial charge in [-0.25, -0.2) is 0 Å². The summed E-state index contributed by atoms with van der Waals surface area (Å²) in [6.45, 7) is 6.14. The molecule has 1 unspecified atom stereocenters. The summed E-state index contributed by atoms with van der Waals surface area (Å²) in [5.41, 5.74) is 0. The van der Waals surface area contributed by atoms with Crippen LogP contribution in [0.5, 0.6) is 0 Å². The molecule has 1 atom stereocenters. The van der Waals surface area contributed by atoms with Crippen molar-refractivity contribution in [1.29, 1.82) is 0 Å². The molecule has 0 spiro atoms. The van der Waals surface area contributed by atoms with Gasteiger partial charge in [0, 0.05) is 12.8 Å². The fourth-order valence-electron chi connectivity index (χ4n) is 4.88. The third-order valence-electron chi connectivity index (χ3n) is 7.90. The van der Waals surface area contributed by atoms with Crippen molar-refractivity contribution in [3.63, 3.8) is 0 Å². The van der Waals surface area contributed by atoms with Gasteiger partial charge in [0.1, 0.15) is 13.2 Å². The van der Waals surface area contributed by atoms with Gasteiger partial charge < -0.3 is 14.2 Å². The van der Waals surface area contributed by atoms with Crippen LogP contribution in [0.1, 0.15) is 149 Å². The molecule has 0 saturated heterocycles. The second-order valence-corrected chi connectivity index (χ2v) is 12.9. The first-order valence-electron chi connectivity index (χ1n) is 20.5. The summed E-state index contributed by atoms with van der Waals surface area (Å²) in [6, 6.07) is 0. The predicted octanol–water partition coefficient (Wildman–Crippen LogP) is 12.9. The van der Waals surface area contributed by atoms with Crippen molar-refractivity contribution in [2.24, 2.45) is 0 Å². The lowest BCUT2D eigenvalue weighted by Gasteiger charge is -2.18. The molecular formula is C47H72O6. The average Bonchev–Trinajstić information content (AvgIpc) is 3.15. The number of hydrogen-bond donors (Lipinski definition) is 0. The van der Waals surface area contributed by atoms with Gasteiger partial charge in [0.2, 0.25) is 0 Å². The van der Waals surface area contributed by atoms with Crippen molar-refractivity contribution < 1.29 is 28.6 Å². The van der Waals surface area contributed by atoms with E-state index in [2.05, 4.69) is 63.3 Å². The van der Waals surface area contributed by atoms with E-state index in [9.17, 15) is 14.4 Å². The molecule has 296 valence electrons. The van der Waals surface area contributed by atoms with Gasteiger partial charge in [-0.1, -0.05) is 169 Å². The van der Waals surface area contributed by atoms with Crippen molar-refractivity contribution in [1.82, 2.24) is 0 Å². The Morgan fingerprint density at radius 2 is 0.925 bits per heavy atom. The van der Waals surface area contributed by atoms with Crippen molar-refractivity contribution in [3.05, 3.63) is 109 Å². The van der Waals surface area contributed by atoms with Gasteiger partial charge in [-0.15, -0.1) is 0 Å². The number of rotatable bonds is 34. The van der Waals surface area contributed by atoms with Crippen LogP contribution in [-0.4, -0.2) is 37.2 Å². The number of carbonyl (C=O) groups excluding carboxylic acids is 3. The number of unbranched alkanes of at least 4 members (excludes halogenated alkanes) is 10. The molecule has 0 saturated carbocycles. The summed E-state index contributed by atoms with van der Waals surface area (Å²) < 4.78 is 16.4. The maximum absolute atomic E-state index is 12.6. The zero-order chi connectivity index (χ0) is 38.7. The maximum atomic E-state index is 12.6. The normalized spacial score (nSPS) is 13.2. The molecule has 0 aliphatic carbocycles. The second-order valence-electron chi connectivity index (χ2n) is 12.9. The van der Waals surface area contributed by atoms with Crippen LogP contribution >= 0.6 is 0 Å². The molecule has 0 amide bonds. The fraction of sp³-hybridized carbons (Fsp3) is 0.553. The molecule has 0 aromatic heterocycles. The summed E-state index contributed by atoms with van der Waals surface area (Å²) in [4.78, 5) is 37.4. The zero-order valence-corrected chi connectivity index (χ0v) is 33.5. The van der Waals surface area contributed by atoms with Crippen LogP contribution in [0.15, 0.2) is 109 Å². The number of carbonyl (C=O) groups is 3. The molecule has 6 nitrogen and oxygen atoms in total. The molecule has 0 rings (SSSR count). The number of ether oxygens (including phenoxy) is 3. The van der Waals surface area contributed by atoms with Crippen molar-refractivity contribution in [3.8, 4) is 0 Å². The lowest BCUT2D eigenvalue weighted by molar-refractivity contribution is -0.166. The first kappa shape index (κ1) is 49.1. The Hall–Kier alpha value is -3.93. The summed E-state index contributed by atoms with van der Waals surface area (Å²) in [5.74, 6) is -1.18. The van der Waals surface area contributed by atoms with Gasteiger partial charge >= 0.3 is 17.9 Å². The summed E-state index contributed by atoms with van der Waals surface area (Å²) in [5, 5.41) is 0. The van der Waals surface area contributed by atoms with Crippen LogP contribution in [-0.2, 0) is 28.6 Å². The molecule has 0 radical (unpaired) electrons. The fourth-order valence-corrected chi connectivity index (χ4v) is 4.88. The number of esters is 3. The highest BCUT2D eigenvalue weighted by atomic mass is 16.6. The molecule has 0 aliphatic rings. The van der Waals surface area contributed by atoms with Crippen LogP contribution in [0.2, 0.25) is 0 Å². The van der Waals surface area contributed by atoms with Crippen LogP contribution in [0.3, 0.4) is 0 Å². The predicted molar refractivity (Wildman–Crippen MR) is 223 cm³/mol. The number of allylic oxidation sites excluding steroid dienone is 17. The van der Waals surface area contributed by atoms with E-state index in [1.54, 1.807) is 6.08 Å². The van der Waals surface area contributed by atoms with Gasteiger partial charge in [-0.2, -0.15) is 0 Å². The summed E-state index contributed by atoms with van der Waals surface area (Å²) in [6.07, 6.45) is 54.0. The van der Waals surface area contributed by atoms with E-state index >= 15 is 0 Å². The maximum Gasteiger partial charge on any atom is 0.309 e. The minimum Gasteiger partial charge on any atom is -0.462 e. The smallest absolute Gasteiger partial charge is 0.309 e. The van der Waals surface area contributed by atoms with E-state index in [1.165, 1.54) is 38.5 Å². The minimum absolute atomic E-state index is 0.115. The van der Waals surface area contributed by atoms with Crippen molar-refractivity contribution in [2.45, 2.75) is 155 Å². The molecule has 0 heterocycles. The Bertz CT molecular complexity index is 1160. The first-order chi connectivity index (χ1) is 26.0. The van der Waals surface area contributed by atoms with E-state index < -0.39 is 12.1 Å². The Kier molecular flexibility index (Phi) is 37.8. The van der Waals surface area contributed by atoms with Gasteiger partial charge in [0.05, 0.1) is 6.42 Å². The highest BCUT2D eigenvalue weighted by molar-refractivity contribution is 5.72. The monoisotopic (exact) mass is 733 g/mol.